The fourth-order valence-corrected chi connectivity index (χ4v) is 3.70. The standard InChI is InChI=1S/C17H21N3O3S/c1-20(2)17(22)15-8-11-7-12(3-4-14(11)24-15)19-16(21)9-13-10-23-6-5-18-13/h3-4,7-8,13,18H,5-6,9-10H2,1-2H3,(H,19,21). The number of anilines is 1. The highest BCUT2D eigenvalue weighted by Crippen LogP contribution is 2.28. The number of carbonyl (C=O) groups excluding carboxylic acids is 2. The van der Waals surface area contributed by atoms with Crippen LogP contribution in [0, 0.1) is 0 Å². The van der Waals surface area contributed by atoms with Gasteiger partial charge in [-0.3, -0.25) is 9.59 Å². The Labute approximate surface area is 144 Å². The minimum absolute atomic E-state index is 0.00911. The smallest absolute Gasteiger partial charge is 0.263 e. The highest BCUT2D eigenvalue weighted by Gasteiger charge is 2.17. The highest BCUT2D eigenvalue weighted by atomic mass is 32.1. The average molecular weight is 347 g/mol. The van der Waals surface area contributed by atoms with Gasteiger partial charge in [-0.05, 0) is 29.7 Å². The van der Waals surface area contributed by atoms with Gasteiger partial charge < -0.3 is 20.3 Å². The van der Waals surface area contributed by atoms with E-state index in [-0.39, 0.29) is 17.9 Å². The minimum atomic E-state index is -0.0443. The number of nitrogens with zero attached hydrogens (tertiary/aromatic N) is 1. The van der Waals surface area contributed by atoms with E-state index < -0.39 is 0 Å². The fraction of sp³-hybridized carbons (Fsp3) is 0.412. The maximum Gasteiger partial charge on any atom is 0.263 e. The summed E-state index contributed by atoms with van der Waals surface area (Å²) in [5, 5.41) is 7.14. The average Bonchev–Trinajstić information content (AvgIpc) is 2.98. The number of rotatable bonds is 4. The maximum absolute atomic E-state index is 12.2. The molecule has 0 aliphatic carbocycles. The van der Waals surface area contributed by atoms with Gasteiger partial charge in [-0.1, -0.05) is 0 Å². The van der Waals surface area contributed by atoms with Crippen LogP contribution in [0.3, 0.4) is 0 Å². The van der Waals surface area contributed by atoms with Crippen molar-refractivity contribution in [3.8, 4) is 0 Å². The number of hydrogen-bond donors (Lipinski definition) is 2. The van der Waals surface area contributed by atoms with Gasteiger partial charge in [-0.25, -0.2) is 0 Å². The molecule has 0 saturated carbocycles. The van der Waals surface area contributed by atoms with E-state index in [0.717, 1.165) is 22.3 Å². The zero-order valence-electron chi connectivity index (χ0n) is 13.8. The normalized spacial score (nSPS) is 17.7. The molecule has 24 heavy (non-hydrogen) atoms. The largest absolute Gasteiger partial charge is 0.378 e. The van der Waals surface area contributed by atoms with Gasteiger partial charge in [0.05, 0.1) is 18.1 Å². The Balaban J connectivity index is 1.68. The summed E-state index contributed by atoms with van der Waals surface area (Å²) < 4.78 is 6.39. The molecule has 2 N–H and O–H groups in total. The summed E-state index contributed by atoms with van der Waals surface area (Å²) in [6.45, 7) is 2.04. The van der Waals surface area contributed by atoms with Crippen LogP contribution in [0.2, 0.25) is 0 Å². The molecule has 1 atom stereocenters. The summed E-state index contributed by atoms with van der Waals surface area (Å²) in [5.41, 5.74) is 0.742. The Hall–Kier alpha value is -1.96. The van der Waals surface area contributed by atoms with Crippen LogP contribution >= 0.6 is 11.3 Å². The van der Waals surface area contributed by atoms with Crippen molar-refractivity contribution >= 4 is 38.9 Å². The minimum Gasteiger partial charge on any atom is -0.378 e. The van der Waals surface area contributed by atoms with E-state index in [0.29, 0.717) is 24.5 Å². The summed E-state index contributed by atoms with van der Waals surface area (Å²) in [6.07, 6.45) is 0.381. The van der Waals surface area contributed by atoms with E-state index in [1.165, 1.54) is 11.3 Å². The molecule has 0 radical (unpaired) electrons. The summed E-state index contributed by atoms with van der Waals surface area (Å²) in [4.78, 5) is 26.5. The third kappa shape index (κ3) is 3.92. The number of morpholine rings is 1. The molecule has 1 aliphatic heterocycles. The first-order valence-corrected chi connectivity index (χ1v) is 8.71. The molecule has 1 unspecified atom stereocenters. The molecule has 0 spiro atoms. The molecule has 2 amide bonds. The molecule has 3 rings (SSSR count). The predicted octanol–water partition coefficient (Wildman–Crippen LogP) is 1.92. The van der Waals surface area contributed by atoms with Gasteiger partial charge >= 0.3 is 0 Å². The van der Waals surface area contributed by atoms with E-state index in [1.807, 2.05) is 24.3 Å². The van der Waals surface area contributed by atoms with Gasteiger partial charge in [0.1, 0.15) is 0 Å². The molecule has 128 valence electrons. The van der Waals surface area contributed by atoms with Crippen LogP contribution in [0.4, 0.5) is 5.69 Å². The monoisotopic (exact) mass is 347 g/mol. The van der Waals surface area contributed by atoms with E-state index in [1.54, 1.807) is 19.0 Å². The van der Waals surface area contributed by atoms with Crippen molar-refractivity contribution in [3.63, 3.8) is 0 Å². The summed E-state index contributed by atoms with van der Waals surface area (Å²) in [5.74, 6) is -0.0534. The number of ether oxygens (including phenoxy) is 1. The molecule has 1 aliphatic rings. The molecule has 2 aromatic rings. The highest BCUT2D eigenvalue weighted by molar-refractivity contribution is 7.20. The summed E-state index contributed by atoms with van der Waals surface area (Å²) in [6, 6.07) is 7.64. The van der Waals surface area contributed by atoms with Gasteiger partial charge in [-0.2, -0.15) is 0 Å². The second kappa shape index (κ2) is 7.29. The Morgan fingerprint density at radius 2 is 2.21 bits per heavy atom. The Bertz CT molecular complexity index is 751. The lowest BCUT2D eigenvalue weighted by atomic mass is 10.1. The fourth-order valence-electron chi connectivity index (χ4n) is 2.63. The maximum atomic E-state index is 12.2. The predicted molar refractivity (Wildman–Crippen MR) is 95.7 cm³/mol. The summed E-state index contributed by atoms with van der Waals surface area (Å²) in [7, 11) is 3.47. The van der Waals surface area contributed by atoms with E-state index in [9.17, 15) is 9.59 Å². The second-order valence-corrected chi connectivity index (χ2v) is 7.12. The van der Waals surface area contributed by atoms with Crippen LogP contribution in [0.15, 0.2) is 24.3 Å². The van der Waals surface area contributed by atoms with E-state index in [2.05, 4.69) is 10.6 Å². The molecular formula is C17H21N3O3S. The molecule has 1 aromatic heterocycles. The van der Waals surface area contributed by atoms with Crippen molar-refractivity contribution < 1.29 is 14.3 Å². The molecule has 1 fully saturated rings. The molecule has 1 aromatic carbocycles. The zero-order chi connectivity index (χ0) is 17.1. The van der Waals surface area contributed by atoms with Crippen molar-refractivity contribution in [2.45, 2.75) is 12.5 Å². The van der Waals surface area contributed by atoms with Crippen LogP contribution in [0.1, 0.15) is 16.1 Å². The second-order valence-electron chi connectivity index (χ2n) is 6.04. The first kappa shape index (κ1) is 16.9. The molecule has 2 heterocycles. The van der Waals surface area contributed by atoms with Crippen molar-refractivity contribution in [2.75, 3.05) is 39.2 Å². The molecule has 0 bridgehead atoms. The van der Waals surface area contributed by atoms with E-state index in [4.69, 9.17) is 4.74 Å². The molecule has 6 nitrogen and oxygen atoms in total. The van der Waals surface area contributed by atoms with Crippen molar-refractivity contribution in [1.82, 2.24) is 10.2 Å². The first-order chi connectivity index (χ1) is 11.5. The Morgan fingerprint density at radius 1 is 1.38 bits per heavy atom. The van der Waals surface area contributed by atoms with Crippen LogP contribution in [0.25, 0.3) is 10.1 Å². The number of carbonyl (C=O) groups is 2. The molecule has 7 heteroatoms. The molecular weight excluding hydrogens is 326 g/mol. The summed E-state index contributed by atoms with van der Waals surface area (Å²) >= 11 is 1.46. The number of amides is 2. The van der Waals surface area contributed by atoms with Crippen LogP contribution < -0.4 is 10.6 Å². The van der Waals surface area contributed by atoms with Crippen LogP contribution in [-0.4, -0.2) is 56.6 Å². The number of fused-ring (bicyclic) bond motifs is 1. The van der Waals surface area contributed by atoms with Gasteiger partial charge in [0.25, 0.3) is 5.91 Å². The SMILES string of the molecule is CN(C)C(=O)c1cc2cc(NC(=O)CC3COCCN3)ccc2s1. The first-order valence-electron chi connectivity index (χ1n) is 7.89. The van der Waals surface area contributed by atoms with Gasteiger partial charge in [-0.15, -0.1) is 11.3 Å². The lowest BCUT2D eigenvalue weighted by Crippen LogP contribution is -2.43. The van der Waals surface area contributed by atoms with Crippen LogP contribution in [-0.2, 0) is 9.53 Å². The van der Waals surface area contributed by atoms with Gasteiger partial charge in [0, 0.05) is 43.5 Å². The molecule has 1 saturated heterocycles. The van der Waals surface area contributed by atoms with Gasteiger partial charge in [0.15, 0.2) is 0 Å². The van der Waals surface area contributed by atoms with E-state index >= 15 is 0 Å². The number of hydrogen-bond acceptors (Lipinski definition) is 5. The Morgan fingerprint density at radius 3 is 2.92 bits per heavy atom. The quantitative estimate of drug-likeness (QED) is 0.886. The number of benzene rings is 1. The lowest BCUT2D eigenvalue weighted by molar-refractivity contribution is -0.117. The third-order valence-corrected chi connectivity index (χ3v) is 4.95. The number of thiophene rings is 1. The van der Waals surface area contributed by atoms with Gasteiger partial charge in [0.2, 0.25) is 5.91 Å². The number of nitrogens with one attached hydrogen (secondary N) is 2. The van der Waals surface area contributed by atoms with Crippen LogP contribution in [0.5, 0.6) is 0 Å². The van der Waals surface area contributed by atoms with Crippen molar-refractivity contribution in [3.05, 3.63) is 29.1 Å². The van der Waals surface area contributed by atoms with Crippen molar-refractivity contribution in [2.24, 2.45) is 0 Å². The van der Waals surface area contributed by atoms with Crippen molar-refractivity contribution in [1.29, 1.82) is 0 Å². The topological polar surface area (TPSA) is 70.7 Å². The lowest BCUT2D eigenvalue weighted by Gasteiger charge is -2.23. The zero-order valence-corrected chi connectivity index (χ0v) is 14.6. The Kier molecular flexibility index (Phi) is 5.13. The third-order valence-electron chi connectivity index (χ3n) is 3.85.